The van der Waals surface area contributed by atoms with Crippen LogP contribution >= 0.6 is 0 Å². The van der Waals surface area contributed by atoms with E-state index >= 15 is 0 Å². The van der Waals surface area contributed by atoms with Crippen molar-refractivity contribution in [2.75, 3.05) is 11.8 Å². The Morgan fingerprint density at radius 3 is 2.40 bits per heavy atom. The van der Waals surface area contributed by atoms with Gasteiger partial charge < -0.3 is 4.74 Å². The molecule has 0 radical (unpaired) electrons. The Labute approximate surface area is 146 Å². The van der Waals surface area contributed by atoms with Crippen molar-refractivity contribution < 1.29 is 17.9 Å². The summed E-state index contributed by atoms with van der Waals surface area (Å²) in [7, 11) is -2.58. The Kier molecular flexibility index (Phi) is 4.46. The normalized spacial score (nSPS) is 11.3. The van der Waals surface area contributed by atoms with E-state index in [2.05, 4.69) is 9.46 Å². The van der Waals surface area contributed by atoms with Crippen LogP contribution in [0.1, 0.15) is 15.9 Å². The van der Waals surface area contributed by atoms with Crippen molar-refractivity contribution in [2.24, 2.45) is 0 Å². The van der Waals surface area contributed by atoms with Crippen LogP contribution in [0.5, 0.6) is 0 Å². The first-order valence-corrected chi connectivity index (χ1v) is 9.09. The summed E-state index contributed by atoms with van der Waals surface area (Å²) in [5, 5.41) is 1.96. The molecular formula is C19H17NO4S. The van der Waals surface area contributed by atoms with E-state index in [1.165, 1.54) is 19.2 Å². The number of hydrogen-bond donors (Lipinski definition) is 1. The zero-order valence-corrected chi connectivity index (χ0v) is 14.6. The summed E-state index contributed by atoms with van der Waals surface area (Å²) in [5.74, 6) is -0.581. The van der Waals surface area contributed by atoms with Crippen molar-refractivity contribution in [3.8, 4) is 0 Å². The minimum atomic E-state index is -3.83. The highest BCUT2D eigenvalue weighted by Crippen LogP contribution is 2.24. The molecule has 0 saturated heterocycles. The zero-order valence-electron chi connectivity index (χ0n) is 13.8. The van der Waals surface area contributed by atoms with E-state index in [9.17, 15) is 13.2 Å². The van der Waals surface area contributed by atoms with Gasteiger partial charge in [0.05, 0.1) is 17.6 Å². The smallest absolute Gasteiger partial charge is 0.337 e. The number of rotatable bonds is 4. The summed E-state index contributed by atoms with van der Waals surface area (Å²) >= 11 is 0. The Balaban J connectivity index is 1.99. The molecule has 0 spiro atoms. The van der Waals surface area contributed by atoms with Crippen molar-refractivity contribution in [1.82, 2.24) is 0 Å². The molecule has 3 aromatic rings. The summed E-state index contributed by atoms with van der Waals surface area (Å²) in [4.78, 5) is 11.7. The minimum absolute atomic E-state index is 0.0450. The Bertz CT molecular complexity index is 1060. The van der Waals surface area contributed by atoms with Crippen LogP contribution in [-0.4, -0.2) is 21.5 Å². The van der Waals surface area contributed by atoms with Crippen LogP contribution in [0, 0.1) is 6.92 Å². The lowest BCUT2D eigenvalue weighted by molar-refractivity contribution is 0.0600. The maximum absolute atomic E-state index is 12.8. The molecule has 25 heavy (non-hydrogen) atoms. The van der Waals surface area contributed by atoms with Crippen LogP contribution in [0.3, 0.4) is 0 Å². The molecule has 0 aliphatic rings. The summed E-state index contributed by atoms with van der Waals surface area (Å²) in [6.07, 6.45) is 0. The molecule has 0 aromatic heterocycles. The lowest BCUT2D eigenvalue weighted by atomic mass is 10.1. The first-order chi connectivity index (χ1) is 11.9. The van der Waals surface area contributed by atoms with Gasteiger partial charge in [0.15, 0.2) is 0 Å². The third-order valence-electron chi connectivity index (χ3n) is 3.90. The summed E-state index contributed by atoms with van der Waals surface area (Å²) in [6.45, 7) is 1.68. The monoisotopic (exact) mass is 355 g/mol. The molecule has 0 saturated carbocycles. The molecule has 0 aliphatic heterocycles. The van der Waals surface area contributed by atoms with E-state index in [4.69, 9.17) is 0 Å². The fourth-order valence-corrected chi connectivity index (χ4v) is 3.92. The molecule has 5 nitrogen and oxygen atoms in total. The molecular weight excluding hydrogens is 338 g/mol. The number of sulfonamides is 1. The molecule has 6 heteroatoms. The minimum Gasteiger partial charge on any atom is -0.465 e. The average molecular weight is 355 g/mol. The number of aryl methyl sites for hydroxylation is 1. The fourth-order valence-electron chi connectivity index (χ4n) is 2.60. The lowest BCUT2D eigenvalue weighted by Gasteiger charge is -2.12. The quantitative estimate of drug-likeness (QED) is 0.724. The standard InChI is InChI=1S/C19H17NO4S/c1-13-7-8-16(19(21)24-2)12-18(13)25(22,23)20-17-10-9-14-5-3-4-6-15(14)11-17/h3-12,20H,1-2H3. The van der Waals surface area contributed by atoms with E-state index in [0.717, 1.165) is 10.8 Å². The van der Waals surface area contributed by atoms with Crippen molar-refractivity contribution >= 4 is 32.5 Å². The molecule has 3 aromatic carbocycles. The van der Waals surface area contributed by atoms with E-state index in [1.807, 2.05) is 30.3 Å². The van der Waals surface area contributed by atoms with Crippen LogP contribution < -0.4 is 4.72 Å². The second-order valence-corrected chi connectivity index (χ2v) is 7.29. The average Bonchev–Trinajstić information content (AvgIpc) is 2.61. The van der Waals surface area contributed by atoms with Gasteiger partial charge in [-0.2, -0.15) is 0 Å². The molecule has 0 amide bonds. The molecule has 128 valence electrons. The number of anilines is 1. The Morgan fingerprint density at radius 1 is 0.960 bits per heavy atom. The Hall–Kier alpha value is -2.86. The van der Waals surface area contributed by atoms with Gasteiger partial charge in [-0.25, -0.2) is 13.2 Å². The summed E-state index contributed by atoms with van der Waals surface area (Å²) < 4.78 is 32.7. The van der Waals surface area contributed by atoms with Gasteiger partial charge in [0.25, 0.3) is 10.0 Å². The van der Waals surface area contributed by atoms with Gasteiger partial charge in [-0.3, -0.25) is 4.72 Å². The van der Waals surface area contributed by atoms with Gasteiger partial charge in [-0.15, -0.1) is 0 Å². The second-order valence-electron chi connectivity index (χ2n) is 5.64. The third kappa shape index (κ3) is 3.49. The van der Waals surface area contributed by atoms with Gasteiger partial charge in [-0.05, 0) is 47.5 Å². The number of ether oxygens (including phenoxy) is 1. The number of methoxy groups -OCH3 is 1. The van der Waals surface area contributed by atoms with Gasteiger partial charge >= 0.3 is 5.97 Å². The first-order valence-electron chi connectivity index (χ1n) is 7.61. The van der Waals surface area contributed by atoms with Gasteiger partial charge in [0.2, 0.25) is 0 Å². The first kappa shape index (κ1) is 17.0. The second kappa shape index (κ2) is 6.57. The predicted molar refractivity (Wildman–Crippen MR) is 97.3 cm³/mol. The number of carbonyl (C=O) groups is 1. The van der Waals surface area contributed by atoms with Crippen molar-refractivity contribution in [3.63, 3.8) is 0 Å². The zero-order chi connectivity index (χ0) is 18.0. The van der Waals surface area contributed by atoms with E-state index in [0.29, 0.717) is 11.3 Å². The van der Waals surface area contributed by atoms with Crippen LogP contribution in [-0.2, 0) is 14.8 Å². The third-order valence-corrected chi connectivity index (χ3v) is 5.42. The number of carbonyl (C=O) groups excluding carboxylic acids is 1. The molecule has 1 N–H and O–H groups in total. The summed E-state index contributed by atoms with van der Waals surface area (Å²) in [5.41, 5.74) is 1.19. The number of benzene rings is 3. The number of nitrogens with one attached hydrogen (secondary N) is 1. The van der Waals surface area contributed by atoms with Crippen molar-refractivity contribution in [2.45, 2.75) is 11.8 Å². The summed E-state index contributed by atoms with van der Waals surface area (Å²) in [6, 6.07) is 17.5. The van der Waals surface area contributed by atoms with Crippen LogP contribution in [0.2, 0.25) is 0 Å². The largest absolute Gasteiger partial charge is 0.465 e. The fraction of sp³-hybridized carbons (Fsp3) is 0.105. The van der Waals surface area contributed by atoms with E-state index < -0.39 is 16.0 Å². The molecule has 0 unspecified atom stereocenters. The van der Waals surface area contributed by atoms with Gasteiger partial charge in [-0.1, -0.05) is 36.4 Å². The van der Waals surface area contributed by atoms with Crippen LogP contribution in [0.15, 0.2) is 65.6 Å². The predicted octanol–water partition coefficient (Wildman–Crippen LogP) is 3.74. The SMILES string of the molecule is COC(=O)c1ccc(C)c(S(=O)(=O)Nc2ccc3ccccc3c2)c1. The number of hydrogen-bond acceptors (Lipinski definition) is 4. The molecule has 0 heterocycles. The van der Waals surface area contributed by atoms with Crippen LogP contribution in [0.4, 0.5) is 5.69 Å². The molecule has 3 rings (SSSR count). The number of esters is 1. The van der Waals surface area contributed by atoms with Crippen molar-refractivity contribution in [3.05, 3.63) is 71.8 Å². The molecule has 0 fully saturated rings. The highest BCUT2D eigenvalue weighted by atomic mass is 32.2. The highest BCUT2D eigenvalue weighted by Gasteiger charge is 2.19. The molecule has 0 aliphatic carbocycles. The molecule has 0 atom stereocenters. The van der Waals surface area contributed by atoms with Crippen molar-refractivity contribution in [1.29, 1.82) is 0 Å². The van der Waals surface area contributed by atoms with E-state index in [1.54, 1.807) is 25.1 Å². The van der Waals surface area contributed by atoms with Crippen LogP contribution in [0.25, 0.3) is 10.8 Å². The topological polar surface area (TPSA) is 72.5 Å². The maximum Gasteiger partial charge on any atom is 0.337 e. The maximum atomic E-state index is 12.8. The van der Waals surface area contributed by atoms with Gasteiger partial charge in [0.1, 0.15) is 0 Å². The van der Waals surface area contributed by atoms with Gasteiger partial charge in [0, 0.05) is 5.69 Å². The van der Waals surface area contributed by atoms with E-state index in [-0.39, 0.29) is 10.5 Å². The lowest BCUT2D eigenvalue weighted by Crippen LogP contribution is -2.15. The number of fused-ring (bicyclic) bond motifs is 1. The highest BCUT2D eigenvalue weighted by molar-refractivity contribution is 7.92. The Morgan fingerprint density at radius 2 is 1.68 bits per heavy atom. The molecule has 0 bridgehead atoms.